The van der Waals surface area contributed by atoms with Gasteiger partial charge in [-0.05, 0) is 90.2 Å². The van der Waals surface area contributed by atoms with Gasteiger partial charge in [0.2, 0.25) is 0 Å². The van der Waals surface area contributed by atoms with Gasteiger partial charge in [-0.25, -0.2) is 0 Å². The lowest BCUT2D eigenvalue weighted by Gasteiger charge is -2.23. The van der Waals surface area contributed by atoms with Crippen molar-refractivity contribution in [1.82, 2.24) is 9.13 Å². The van der Waals surface area contributed by atoms with Crippen molar-refractivity contribution >= 4 is 50.1 Å². The Balaban J connectivity index is 1.22. The van der Waals surface area contributed by atoms with Gasteiger partial charge >= 0.3 is 0 Å². The van der Waals surface area contributed by atoms with E-state index in [0.717, 1.165) is 90.5 Å². The van der Waals surface area contributed by atoms with Crippen LogP contribution in [0.3, 0.4) is 0 Å². The second-order valence-electron chi connectivity index (χ2n) is 12.9. The van der Waals surface area contributed by atoms with Crippen LogP contribution in [0.4, 0.5) is 0 Å². The van der Waals surface area contributed by atoms with E-state index in [9.17, 15) is 15.8 Å². The van der Waals surface area contributed by atoms with E-state index in [1.165, 1.54) is 0 Å². The molecule has 0 bridgehead atoms. The van der Waals surface area contributed by atoms with E-state index in [4.69, 9.17) is 0 Å². The third-order valence-electron chi connectivity index (χ3n) is 10.1. The Labute approximate surface area is 295 Å². The SMILES string of the molecule is N#CC1=Cc2c(n(C3=C(c4cccc(-c5cccc(-n6c7ccccc7c7cc(C#N)ccc76)c5)c4)C(C#N)=CCC3)c3ccccc23)CC=C1. The quantitative estimate of drug-likeness (QED) is 0.190. The molecule has 2 aromatic heterocycles. The van der Waals surface area contributed by atoms with Crippen LogP contribution < -0.4 is 0 Å². The lowest BCUT2D eigenvalue weighted by atomic mass is 9.88. The maximum absolute atomic E-state index is 10.5. The molecular weight excluding hydrogens is 623 g/mol. The predicted octanol–water partition coefficient (Wildman–Crippen LogP) is 10.9. The fourth-order valence-electron chi connectivity index (χ4n) is 7.94. The van der Waals surface area contributed by atoms with Crippen molar-refractivity contribution in [3.8, 4) is 35.0 Å². The van der Waals surface area contributed by atoms with Crippen molar-refractivity contribution in [2.45, 2.75) is 19.3 Å². The predicted molar refractivity (Wildman–Crippen MR) is 205 cm³/mol. The maximum atomic E-state index is 10.5. The number of hydrogen-bond acceptors (Lipinski definition) is 3. The van der Waals surface area contributed by atoms with Crippen LogP contribution in [0.2, 0.25) is 0 Å². The molecule has 5 heteroatoms. The Kier molecular flexibility index (Phi) is 7.10. The van der Waals surface area contributed by atoms with Gasteiger partial charge in [0, 0.05) is 50.8 Å². The molecule has 2 heterocycles. The molecule has 0 saturated carbocycles. The molecule has 0 aliphatic heterocycles. The molecule has 0 N–H and O–H groups in total. The van der Waals surface area contributed by atoms with Crippen molar-refractivity contribution in [2.75, 3.05) is 0 Å². The van der Waals surface area contributed by atoms with Crippen LogP contribution in [-0.2, 0) is 6.42 Å². The Morgan fingerprint density at radius 1 is 0.588 bits per heavy atom. The van der Waals surface area contributed by atoms with E-state index in [1.54, 1.807) is 0 Å². The summed E-state index contributed by atoms with van der Waals surface area (Å²) in [6, 6.07) is 46.8. The lowest BCUT2D eigenvalue weighted by molar-refractivity contribution is 0.922. The molecule has 238 valence electrons. The Hall–Kier alpha value is -7.13. The van der Waals surface area contributed by atoms with Crippen molar-refractivity contribution in [1.29, 1.82) is 15.8 Å². The van der Waals surface area contributed by atoms with Gasteiger partial charge in [-0.1, -0.05) is 78.9 Å². The Bertz CT molecular complexity index is 2860. The van der Waals surface area contributed by atoms with Crippen molar-refractivity contribution in [2.24, 2.45) is 0 Å². The van der Waals surface area contributed by atoms with Gasteiger partial charge in [0.25, 0.3) is 0 Å². The molecule has 0 atom stereocenters. The molecular formula is C46H29N5. The van der Waals surface area contributed by atoms with Crippen molar-refractivity contribution in [3.63, 3.8) is 0 Å². The summed E-state index contributed by atoms with van der Waals surface area (Å²) in [6.07, 6.45) is 10.3. The normalized spacial score (nSPS) is 14.1. The molecule has 5 nitrogen and oxygen atoms in total. The smallest absolute Gasteiger partial charge is 0.0995 e. The topological polar surface area (TPSA) is 81.2 Å². The number of para-hydroxylation sites is 2. The van der Waals surface area contributed by atoms with E-state index >= 15 is 0 Å². The minimum Gasteiger partial charge on any atom is -0.316 e. The zero-order valence-corrected chi connectivity index (χ0v) is 27.6. The highest BCUT2D eigenvalue weighted by Gasteiger charge is 2.25. The average molecular weight is 652 g/mol. The number of aromatic nitrogens is 2. The van der Waals surface area contributed by atoms with Gasteiger partial charge in [-0.3, -0.25) is 0 Å². The summed E-state index contributed by atoms with van der Waals surface area (Å²) in [5.74, 6) is 0. The first-order valence-corrected chi connectivity index (χ1v) is 17.1. The first kappa shape index (κ1) is 30.0. The zero-order chi connectivity index (χ0) is 34.5. The van der Waals surface area contributed by atoms with Crippen LogP contribution >= 0.6 is 0 Å². The van der Waals surface area contributed by atoms with E-state index < -0.39 is 0 Å². The molecule has 5 aromatic carbocycles. The summed E-state index contributed by atoms with van der Waals surface area (Å²) in [5.41, 5.74) is 13.5. The number of nitriles is 3. The van der Waals surface area contributed by atoms with E-state index in [-0.39, 0.29) is 0 Å². The second-order valence-corrected chi connectivity index (χ2v) is 12.9. The summed E-state index contributed by atoms with van der Waals surface area (Å²) in [6.45, 7) is 0. The van der Waals surface area contributed by atoms with Crippen molar-refractivity contribution in [3.05, 3.63) is 167 Å². The average Bonchev–Trinajstić information content (AvgIpc) is 3.59. The molecule has 0 fully saturated rings. The van der Waals surface area contributed by atoms with Gasteiger partial charge in [0.15, 0.2) is 0 Å². The van der Waals surface area contributed by atoms with E-state index in [1.807, 2.05) is 48.6 Å². The largest absolute Gasteiger partial charge is 0.316 e. The van der Waals surface area contributed by atoms with Crippen LogP contribution in [-0.4, -0.2) is 9.13 Å². The third kappa shape index (κ3) is 4.82. The van der Waals surface area contributed by atoms with Crippen molar-refractivity contribution < 1.29 is 0 Å². The number of allylic oxidation sites excluding steroid dienone is 7. The van der Waals surface area contributed by atoms with Crippen LogP contribution in [0.1, 0.15) is 35.2 Å². The van der Waals surface area contributed by atoms with Crippen LogP contribution in [0.15, 0.2) is 145 Å². The minimum absolute atomic E-state index is 0.634. The molecule has 2 aliphatic carbocycles. The first-order valence-electron chi connectivity index (χ1n) is 17.1. The summed E-state index contributed by atoms with van der Waals surface area (Å²) < 4.78 is 4.61. The number of benzene rings is 5. The van der Waals surface area contributed by atoms with E-state index in [2.05, 4.69) is 118 Å². The van der Waals surface area contributed by atoms with Crippen LogP contribution in [0.25, 0.3) is 66.9 Å². The summed E-state index contributed by atoms with van der Waals surface area (Å²) >= 11 is 0. The minimum atomic E-state index is 0.634. The van der Waals surface area contributed by atoms with Gasteiger partial charge in [0.1, 0.15) is 0 Å². The van der Waals surface area contributed by atoms with Gasteiger partial charge < -0.3 is 9.13 Å². The molecule has 7 aromatic rings. The van der Waals surface area contributed by atoms with Gasteiger partial charge in [-0.15, -0.1) is 0 Å². The lowest BCUT2D eigenvalue weighted by Crippen LogP contribution is -2.09. The van der Waals surface area contributed by atoms with Crippen LogP contribution in [0, 0.1) is 34.0 Å². The van der Waals surface area contributed by atoms with E-state index in [0.29, 0.717) is 23.1 Å². The molecule has 2 aliphatic rings. The number of nitrogens with zero attached hydrogens (tertiary/aromatic N) is 5. The van der Waals surface area contributed by atoms with Crippen LogP contribution in [0.5, 0.6) is 0 Å². The summed E-state index contributed by atoms with van der Waals surface area (Å²) in [7, 11) is 0. The summed E-state index contributed by atoms with van der Waals surface area (Å²) in [4.78, 5) is 0. The molecule has 0 radical (unpaired) electrons. The van der Waals surface area contributed by atoms with Gasteiger partial charge in [0.05, 0.1) is 51.5 Å². The Morgan fingerprint density at radius 2 is 1.31 bits per heavy atom. The van der Waals surface area contributed by atoms with Gasteiger partial charge in [-0.2, -0.15) is 15.8 Å². The number of hydrogen-bond donors (Lipinski definition) is 0. The maximum Gasteiger partial charge on any atom is 0.0995 e. The molecule has 0 unspecified atom stereocenters. The fraction of sp³-hybridized carbons (Fsp3) is 0.0652. The molecule has 9 rings (SSSR count). The highest BCUT2D eigenvalue weighted by molar-refractivity contribution is 6.10. The second kappa shape index (κ2) is 12.1. The Morgan fingerprint density at radius 3 is 2.12 bits per heavy atom. The monoisotopic (exact) mass is 651 g/mol. The highest BCUT2D eigenvalue weighted by atomic mass is 15.0. The zero-order valence-electron chi connectivity index (χ0n) is 27.6. The molecule has 0 spiro atoms. The standard InChI is InChI=1S/C46H29N5/c47-27-30-9-5-19-43-39(23-30)38-16-2-4-18-42(38)51(43)45-20-8-13-35(29-49)46(45)34-12-6-10-32(25-34)33-11-7-14-36(26-33)50-41-17-3-1-15-37(41)40-24-31(28-48)21-22-44(40)50/h1-7,9-18,21-26H,8,19-20H2. The number of rotatable bonds is 4. The molecule has 0 amide bonds. The highest BCUT2D eigenvalue weighted by Crippen LogP contribution is 2.42. The fourth-order valence-corrected chi connectivity index (χ4v) is 7.94. The third-order valence-corrected chi connectivity index (χ3v) is 10.1. The molecule has 0 saturated heterocycles. The first-order chi connectivity index (χ1) is 25.2. The molecule has 51 heavy (non-hydrogen) atoms. The number of fused-ring (bicyclic) bond motifs is 6. The summed E-state index contributed by atoms with van der Waals surface area (Å²) in [5, 5.41) is 33.1.